The van der Waals surface area contributed by atoms with Crippen molar-refractivity contribution in [2.45, 2.75) is 13.5 Å². The van der Waals surface area contributed by atoms with Gasteiger partial charge in [-0.25, -0.2) is 15.8 Å². The Labute approximate surface area is 89.6 Å². The van der Waals surface area contributed by atoms with Gasteiger partial charge in [-0.15, -0.1) is 0 Å². The maximum Gasteiger partial charge on any atom is 0.163 e. The molecule has 2 heterocycles. The van der Waals surface area contributed by atoms with Crippen molar-refractivity contribution in [3.8, 4) is 0 Å². The highest BCUT2D eigenvalue weighted by Gasteiger charge is 2.09. The van der Waals surface area contributed by atoms with Crippen LogP contribution in [0.2, 0.25) is 0 Å². The molecule has 0 fully saturated rings. The summed E-state index contributed by atoms with van der Waals surface area (Å²) in [6.07, 6.45) is 1.48. The van der Waals surface area contributed by atoms with Gasteiger partial charge in [0, 0.05) is 6.54 Å². The third kappa shape index (κ3) is 1.29. The largest absolute Gasteiger partial charge is 0.308 e. The topological polar surface area (TPSA) is 68.8 Å². The quantitative estimate of drug-likeness (QED) is 0.462. The molecule has 0 atom stereocenters. The van der Waals surface area contributed by atoms with Crippen molar-refractivity contribution < 1.29 is 0 Å². The summed E-state index contributed by atoms with van der Waals surface area (Å²) in [6.45, 7) is 2.83. The number of hydrogen-bond acceptors (Lipinski definition) is 6. The smallest absolute Gasteiger partial charge is 0.163 e. The van der Waals surface area contributed by atoms with E-state index in [0.717, 1.165) is 20.8 Å². The SMILES string of the molecule is CCn1c(=S)sc2c(NN)ncnc21. The molecule has 0 spiro atoms. The lowest BCUT2D eigenvalue weighted by molar-refractivity contribution is 0.782. The molecule has 2 aromatic heterocycles. The Morgan fingerprint density at radius 1 is 1.64 bits per heavy atom. The molecular formula is C7H9N5S2. The van der Waals surface area contributed by atoms with Crippen LogP contribution in [0.25, 0.3) is 10.3 Å². The first-order valence-corrected chi connectivity index (χ1v) is 5.31. The standard InChI is InChI=1S/C7H9N5S2/c1-2-12-6-4(14-7(12)13)5(11-8)9-3-10-6/h3H,2,8H2,1H3,(H,9,10,11). The van der Waals surface area contributed by atoms with E-state index in [1.165, 1.54) is 17.7 Å². The lowest BCUT2D eigenvalue weighted by atomic mass is 10.5. The fourth-order valence-electron chi connectivity index (χ4n) is 1.26. The van der Waals surface area contributed by atoms with Crippen molar-refractivity contribution in [3.05, 3.63) is 10.3 Å². The minimum absolute atomic E-state index is 0.623. The molecule has 0 aliphatic heterocycles. The van der Waals surface area contributed by atoms with Crippen LogP contribution in [-0.2, 0) is 6.54 Å². The van der Waals surface area contributed by atoms with E-state index in [0.29, 0.717) is 5.82 Å². The van der Waals surface area contributed by atoms with E-state index < -0.39 is 0 Å². The molecule has 0 aliphatic carbocycles. The van der Waals surface area contributed by atoms with Crippen molar-refractivity contribution in [1.82, 2.24) is 14.5 Å². The monoisotopic (exact) mass is 227 g/mol. The summed E-state index contributed by atoms with van der Waals surface area (Å²) >= 11 is 6.67. The van der Waals surface area contributed by atoms with Gasteiger partial charge in [0.25, 0.3) is 0 Å². The zero-order valence-electron chi connectivity index (χ0n) is 7.52. The van der Waals surface area contributed by atoms with Gasteiger partial charge in [-0.1, -0.05) is 11.3 Å². The normalized spacial score (nSPS) is 10.7. The molecule has 0 bridgehead atoms. The van der Waals surface area contributed by atoms with Gasteiger partial charge in [0.1, 0.15) is 11.0 Å². The van der Waals surface area contributed by atoms with Gasteiger partial charge in [-0.3, -0.25) is 0 Å². The van der Waals surface area contributed by atoms with Crippen molar-refractivity contribution in [2.24, 2.45) is 5.84 Å². The summed E-state index contributed by atoms with van der Waals surface area (Å²) in [5.41, 5.74) is 3.37. The number of nitrogens with one attached hydrogen (secondary N) is 1. The van der Waals surface area contributed by atoms with Crippen molar-refractivity contribution >= 4 is 39.7 Å². The maximum atomic E-state index is 5.34. The summed E-state index contributed by atoms with van der Waals surface area (Å²) in [4.78, 5) is 8.20. The van der Waals surface area contributed by atoms with Crippen LogP contribution in [0, 0.1) is 3.95 Å². The van der Waals surface area contributed by atoms with Crippen LogP contribution in [0.3, 0.4) is 0 Å². The summed E-state index contributed by atoms with van der Waals surface area (Å²) < 4.78 is 3.65. The fourth-order valence-corrected chi connectivity index (χ4v) is 2.69. The van der Waals surface area contributed by atoms with Gasteiger partial charge in [-0.05, 0) is 19.1 Å². The molecule has 0 unspecified atom stereocenters. The molecule has 0 radical (unpaired) electrons. The van der Waals surface area contributed by atoms with Gasteiger partial charge in [0.2, 0.25) is 0 Å². The van der Waals surface area contributed by atoms with E-state index >= 15 is 0 Å². The number of hydrogen-bond donors (Lipinski definition) is 2. The van der Waals surface area contributed by atoms with Crippen LogP contribution >= 0.6 is 23.6 Å². The summed E-state index contributed by atoms with van der Waals surface area (Å²) in [5.74, 6) is 5.96. The Bertz CT molecular complexity index is 514. The van der Waals surface area contributed by atoms with E-state index in [4.69, 9.17) is 18.1 Å². The first-order valence-electron chi connectivity index (χ1n) is 4.09. The lowest BCUT2D eigenvalue weighted by Gasteiger charge is -2.00. The first-order chi connectivity index (χ1) is 6.77. The highest BCUT2D eigenvalue weighted by Crippen LogP contribution is 2.25. The molecule has 5 nitrogen and oxygen atoms in total. The van der Waals surface area contributed by atoms with Crippen LogP contribution in [0.1, 0.15) is 6.92 Å². The lowest BCUT2D eigenvalue weighted by Crippen LogP contribution is -2.09. The van der Waals surface area contributed by atoms with Gasteiger partial charge in [0.05, 0.1) is 0 Å². The molecule has 74 valence electrons. The third-order valence-corrected chi connectivity index (χ3v) is 3.35. The molecule has 2 rings (SSSR count). The van der Waals surface area contributed by atoms with Gasteiger partial charge >= 0.3 is 0 Å². The number of nitrogen functional groups attached to an aromatic ring is 1. The maximum absolute atomic E-state index is 5.34. The second-order valence-electron chi connectivity index (χ2n) is 2.63. The first kappa shape index (κ1) is 9.50. The minimum Gasteiger partial charge on any atom is -0.308 e. The molecule has 0 saturated carbocycles. The molecular weight excluding hydrogens is 218 g/mol. The molecule has 0 amide bonds. The zero-order chi connectivity index (χ0) is 10.1. The Kier molecular flexibility index (Phi) is 2.44. The molecule has 7 heteroatoms. The number of aromatic nitrogens is 3. The second-order valence-corrected chi connectivity index (χ2v) is 4.28. The minimum atomic E-state index is 0.623. The predicted molar refractivity (Wildman–Crippen MR) is 59.7 cm³/mol. The van der Waals surface area contributed by atoms with E-state index in [9.17, 15) is 0 Å². The van der Waals surface area contributed by atoms with Gasteiger partial charge in [-0.2, -0.15) is 0 Å². The average Bonchev–Trinajstić information content (AvgIpc) is 2.52. The highest BCUT2D eigenvalue weighted by atomic mass is 32.1. The van der Waals surface area contributed by atoms with Crippen LogP contribution in [0.15, 0.2) is 6.33 Å². The predicted octanol–water partition coefficient (Wildman–Crippen LogP) is 1.53. The molecule has 3 N–H and O–H groups in total. The molecule has 14 heavy (non-hydrogen) atoms. The third-order valence-electron chi connectivity index (χ3n) is 1.90. The summed E-state index contributed by atoms with van der Waals surface area (Å²) in [7, 11) is 0. The second kappa shape index (κ2) is 3.60. The molecule has 0 aliphatic rings. The Hall–Kier alpha value is -1.05. The van der Waals surface area contributed by atoms with Gasteiger partial charge < -0.3 is 9.99 Å². The molecule has 2 aromatic rings. The number of anilines is 1. The van der Waals surface area contributed by atoms with Crippen molar-refractivity contribution in [1.29, 1.82) is 0 Å². The van der Waals surface area contributed by atoms with Crippen LogP contribution < -0.4 is 11.3 Å². The van der Waals surface area contributed by atoms with E-state index in [1.54, 1.807) is 0 Å². The van der Waals surface area contributed by atoms with Crippen molar-refractivity contribution in [2.75, 3.05) is 5.43 Å². The van der Waals surface area contributed by atoms with Gasteiger partial charge in [0.15, 0.2) is 15.4 Å². The number of nitrogens with zero attached hydrogens (tertiary/aromatic N) is 3. The van der Waals surface area contributed by atoms with Crippen LogP contribution in [0.4, 0.5) is 5.82 Å². The van der Waals surface area contributed by atoms with Crippen LogP contribution in [-0.4, -0.2) is 14.5 Å². The average molecular weight is 227 g/mol. The van der Waals surface area contributed by atoms with E-state index in [-0.39, 0.29) is 0 Å². The number of thiazole rings is 1. The number of aryl methyl sites for hydroxylation is 1. The van der Waals surface area contributed by atoms with E-state index in [2.05, 4.69) is 15.4 Å². The summed E-state index contributed by atoms with van der Waals surface area (Å²) in [5, 5.41) is 0. The summed E-state index contributed by atoms with van der Waals surface area (Å²) in [6, 6.07) is 0. The van der Waals surface area contributed by atoms with Crippen molar-refractivity contribution in [3.63, 3.8) is 0 Å². The number of nitrogens with two attached hydrogens (primary N) is 1. The van der Waals surface area contributed by atoms with Crippen LogP contribution in [0.5, 0.6) is 0 Å². The Balaban J connectivity index is 2.86. The zero-order valence-corrected chi connectivity index (χ0v) is 9.15. The molecule has 0 aromatic carbocycles. The molecule has 0 saturated heterocycles. The highest BCUT2D eigenvalue weighted by molar-refractivity contribution is 7.73. The number of hydrazine groups is 1. The Morgan fingerprint density at radius 2 is 2.43 bits per heavy atom. The fraction of sp³-hybridized carbons (Fsp3) is 0.286. The van der Waals surface area contributed by atoms with E-state index in [1.807, 2.05) is 11.5 Å². The Morgan fingerprint density at radius 3 is 3.07 bits per heavy atom. The number of fused-ring (bicyclic) bond motifs is 1. The number of rotatable bonds is 2.